The first-order valence-electron chi connectivity index (χ1n) is 7.71. The van der Waals surface area contributed by atoms with Crippen LogP contribution in [0.3, 0.4) is 0 Å². The molecule has 0 bridgehead atoms. The minimum Gasteiger partial charge on any atom is -0.464 e. The van der Waals surface area contributed by atoms with Crippen LogP contribution in [0.25, 0.3) is 21.4 Å². The number of hydrogen-bond acceptors (Lipinski definition) is 10. The van der Waals surface area contributed by atoms with E-state index in [1.165, 1.54) is 36.3 Å². The molecular weight excluding hydrogens is 454 g/mol. The molecule has 12 heteroatoms. The molecular formula is C15H12BrN7O2S2. The Kier molecular flexibility index (Phi) is 4.93. The van der Waals surface area contributed by atoms with E-state index in [9.17, 15) is 4.79 Å². The van der Waals surface area contributed by atoms with Gasteiger partial charge in [0.1, 0.15) is 18.5 Å². The number of rotatable bonds is 5. The summed E-state index contributed by atoms with van der Waals surface area (Å²) in [5.41, 5.74) is 7.84. The molecule has 0 aliphatic carbocycles. The molecule has 0 aliphatic rings. The van der Waals surface area contributed by atoms with Crippen molar-refractivity contribution in [2.75, 3.05) is 12.3 Å². The van der Waals surface area contributed by atoms with Crippen molar-refractivity contribution in [3.63, 3.8) is 0 Å². The van der Waals surface area contributed by atoms with Crippen LogP contribution in [0.2, 0.25) is 0 Å². The van der Waals surface area contributed by atoms with Crippen LogP contribution >= 0.6 is 39.0 Å². The lowest BCUT2D eigenvalue weighted by molar-refractivity contribution is -0.141. The van der Waals surface area contributed by atoms with E-state index in [0.717, 1.165) is 19.0 Å². The summed E-state index contributed by atoms with van der Waals surface area (Å²) in [6, 6.07) is 0. The zero-order valence-electron chi connectivity index (χ0n) is 13.9. The third-order valence-electron chi connectivity index (χ3n) is 3.56. The van der Waals surface area contributed by atoms with E-state index >= 15 is 0 Å². The first-order chi connectivity index (χ1) is 13.0. The van der Waals surface area contributed by atoms with Gasteiger partial charge in [0.15, 0.2) is 26.5 Å². The maximum absolute atomic E-state index is 11.1. The van der Waals surface area contributed by atoms with Gasteiger partial charge in [-0.05, 0) is 27.7 Å². The smallest absolute Gasteiger partial charge is 0.302 e. The molecule has 0 spiro atoms. The molecule has 0 radical (unpaired) electrons. The molecule has 0 amide bonds. The van der Waals surface area contributed by atoms with Gasteiger partial charge in [0.05, 0.1) is 21.9 Å². The number of esters is 1. The molecule has 4 aromatic rings. The number of nitrogens with zero attached hydrogens (tertiary/aromatic N) is 6. The molecule has 0 atom stereocenters. The van der Waals surface area contributed by atoms with Crippen LogP contribution in [0, 0.1) is 0 Å². The monoisotopic (exact) mass is 465 g/mol. The highest BCUT2D eigenvalue weighted by molar-refractivity contribution is 9.10. The van der Waals surface area contributed by atoms with Crippen LogP contribution in [0.5, 0.6) is 0 Å². The summed E-state index contributed by atoms with van der Waals surface area (Å²) in [6.07, 6.45) is 4.84. The van der Waals surface area contributed by atoms with Gasteiger partial charge in [-0.25, -0.2) is 19.9 Å². The van der Waals surface area contributed by atoms with Crippen molar-refractivity contribution in [1.29, 1.82) is 0 Å². The van der Waals surface area contributed by atoms with Crippen molar-refractivity contribution < 1.29 is 9.53 Å². The lowest BCUT2D eigenvalue weighted by Gasteiger charge is -2.07. The number of carbonyl (C=O) groups excluding carboxylic acids is 1. The lowest BCUT2D eigenvalue weighted by Crippen LogP contribution is -2.10. The minimum absolute atomic E-state index is 0.202. The van der Waals surface area contributed by atoms with E-state index in [2.05, 4.69) is 40.8 Å². The second-order valence-corrected chi connectivity index (χ2v) is 8.44. The number of ether oxygens (including phenoxy) is 1. The second kappa shape index (κ2) is 7.37. The fourth-order valence-corrected chi connectivity index (χ4v) is 5.02. The van der Waals surface area contributed by atoms with Crippen LogP contribution in [0.15, 0.2) is 32.7 Å². The fourth-order valence-electron chi connectivity index (χ4n) is 2.42. The molecule has 0 saturated heterocycles. The fraction of sp³-hybridized carbons (Fsp3) is 0.200. The highest BCUT2D eigenvalue weighted by Gasteiger charge is 2.18. The third kappa shape index (κ3) is 3.59. The molecule has 0 unspecified atom stereocenters. The molecule has 0 fully saturated rings. The van der Waals surface area contributed by atoms with Gasteiger partial charge in [0, 0.05) is 13.1 Å². The summed E-state index contributed by atoms with van der Waals surface area (Å²) < 4.78 is 9.61. The van der Waals surface area contributed by atoms with Gasteiger partial charge in [0.25, 0.3) is 0 Å². The van der Waals surface area contributed by atoms with Crippen molar-refractivity contribution in [2.24, 2.45) is 0 Å². The number of aromatic nitrogens is 6. The van der Waals surface area contributed by atoms with E-state index < -0.39 is 0 Å². The highest BCUT2D eigenvalue weighted by Crippen LogP contribution is 2.37. The molecule has 0 aromatic carbocycles. The van der Waals surface area contributed by atoms with Gasteiger partial charge >= 0.3 is 5.97 Å². The van der Waals surface area contributed by atoms with Gasteiger partial charge in [0.2, 0.25) is 0 Å². The SMILES string of the molecule is CC(=O)OCCn1c(Sc2nc3cncc(Br)c3s2)nc2c(N)ncnc21. The summed E-state index contributed by atoms with van der Waals surface area (Å²) >= 11 is 6.41. The molecule has 9 nitrogen and oxygen atoms in total. The molecule has 4 aromatic heterocycles. The maximum Gasteiger partial charge on any atom is 0.302 e. The van der Waals surface area contributed by atoms with E-state index in [1.807, 2.05) is 4.57 Å². The molecule has 0 aliphatic heterocycles. The Balaban J connectivity index is 1.73. The zero-order valence-corrected chi connectivity index (χ0v) is 17.1. The largest absolute Gasteiger partial charge is 0.464 e. The second-order valence-electron chi connectivity index (χ2n) is 5.37. The van der Waals surface area contributed by atoms with E-state index in [1.54, 1.807) is 12.4 Å². The molecule has 27 heavy (non-hydrogen) atoms. The van der Waals surface area contributed by atoms with Crippen LogP contribution < -0.4 is 5.73 Å². The highest BCUT2D eigenvalue weighted by atomic mass is 79.9. The number of hydrogen-bond donors (Lipinski definition) is 1. The summed E-state index contributed by atoms with van der Waals surface area (Å²) in [7, 11) is 0. The Morgan fingerprint density at radius 2 is 2.22 bits per heavy atom. The average molecular weight is 466 g/mol. The molecule has 4 heterocycles. The zero-order chi connectivity index (χ0) is 19.0. The van der Waals surface area contributed by atoms with Gasteiger partial charge in [-0.1, -0.05) is 0 Å². The number of thiazole rings is 1. The molecule has 2 N–H and O–H groups in total. The van der Waals surface area contributed by atoms with E-state index in [-0.39, 0.29) is 12.6 Å². The topological polar surface area (TPSA) is 122 Å². The lowest BCUT2D eigenvalue weighted by atomic mass is 10.5. The summed E-state index contributed by atoms with van der Waals surface area (Å²) in [5, 5.41) is 0.646. The van der Waals surface area contributed by atoms with Crippen LogP contribution in [0.1, 0.15) is 6.92 Å². The van der Waals surface area contributed by atoms with Crippen molar-refractivity contribution in [2.45, 2.75) is 23.0 Å². The van der Waals surface area contributed by atoms with Crippen LogP contribution in [0.4, 0.5) is 5.82 Å². The number of carbonyl (C=O) groups is 1. The molecule has 4 rings (SSSR count). The molecule has 0 saturated carbocycles. The normalized spacial score (nSPS) is 11.3. The minimum atomic E-state index is -0.341. The van der Waals surface area contributed by atoms with Gasteiger partial charge in [-0.2, -0.15) is 0 Å². The number of imidazole rings is 1. The summed E-state index contributed by atoms with van der Waals surface area (Å²) in [5.74, 6) is -0.0457. The number of nitrogen functional groups attached to an aromatic ring is 1. The van der Waals surface area contributed by atoms with E-state index in [0.29, 0.717) is 28.7 Å². The number of halogens is 1. The quantitative estimate of drug-likeness (QED) is 0.443. The predicted molar refractivity (Wildman–Crippen MR) is 106 cm³/mol. The van der Waals surface area contributed by atoms with Crippen molar-refractivity contribution in [3.05, 3.63) is 23.2 Å². The number of pyridine rings is 1. The first kappa shape index (κ1) is 18.1. The predicted octanol–water partition coefficient (Wildman–Crippen LogP) is 2.89. The Labute approximate surface area is 169 Å². The van der Waals surface area contributed by atoms with Crippen molar-refractivity contribution in [1.82, 2.24) is 29.5 Å². The van der Waals surface area contributed by atoms with Crippen LogP contribution in [-0.2, 0) is 16.1 Å². The summed E-state index contributed by atoms with van der Waals surface area (Å²) in [4.78, 5) is 32.7. The average Bonchev–Trinajstić information content (AvgIpc) is 3.18. The first-order valence-corrected chi connectivity index (χ1v) is 10.1. The third-order valence-corrected chi connectivity index (χ3v) is 6.58. The van der Waals surface area contributed by atoms with Crippen molar-refractivity contribution >= 4 is 72.2 Å². The number of nitrogens with two attached hydrogens (primary N) is 1. The standard InChI is InChI=1S/C15H12BrN7O2S2/c1-7(24)25-3-2-23-13-10(12(17)19-6-20-13)22-14(23)27-15-21-9-5-18-4-8(16)11(9)26-15/h4-6H,2-3H2,1H3,(H2,17,19,20). The number of anilines is 1. The number of fused-ring (bicyclic) bond motifs is 2. The Bertz CT molecular complexity index is 1160. The Morgan fingerprint density at radius 3 is 3.00 bits per heavy atom. The van der Waals surface area contributed by atoms with Gasteiger partial charge in [-0.15, -0.1) is 11.3 Å². The van der Waals surface area contributed by atoms with E-state index in [4.69, 9.17) is 10.5 Å². The van der Waals surface area contributed by atoms with Gasteiger partial charge < -0.3 is 10.5 Å². The Morgan fingerprint density at radius 1 is 1.37 bits per heavy atom. The Hall–Kier alpha value is -2.31. The van der Waals surface area contributed by atoms with Gasteiger partial charge in [-0.3, -0.25) is 14.3 Å². The van der Waals surface area contributed by atoms with Crippen LogP contribution in [-0.4, -0.2) is 42.1 Å². The van der Waals surface area contributed by atoms with Crippen molar-refractivity contribution in [3.8, 4) is 0 Å². The maximum atomic E-state index is 11.1. The molecule has 138 valence electrons. The summed E-state index contributed by atoms with van der Waals surface area (Å²) in [6.45, 7) is 1.97.